The second kappa shape index (κ2) is 4.41. The molecule has 102 valence electrons. The first-order chi connectivity index (χ1) is 9.34. The van der Waals surface area contributed by atoms with Gasteiger partial charge in [-0.1, -0.05) is 18.9 Å². The topological polar surface area (TPSA) is 44.5 Å². The van der Waals surface area contributed by atoms with Crippen molar-refractivity contribution >= 4 is 0 Å². The molecule has 1 aliphatic heterocycles. The minimum Gasteiger partial charge on any atom is -0.486 e. The van der Waals surface area contributed by atoms with Crippen LogP contribution in [-0.4, -0.2) is 13.2 Å². The standard InChI is InChI=1S/C16H21NO2/c17-16(15-11-3-1-2-4-12(11)15)10-5-6-13-14(9-10)19-8-7-18-13/h5-6,9,11-12,15-16H,1-4,7-8,17H2. The molecule has 0 amide bonds. The Kier molecular flexibility index (Phi) is 2.69. The van der Waals surface area contributed by atoms with Crippen LogP contribution >= 0.6 is 0 Å². The second-order valence-corrected chi connectivity index (χ2v) is 6.12. The van der Waals surface area contributed by atoms with Crippen LogP contribution in [0.5, 0.6) is 11.5 Å². The Morgan fingerprint density at radius 3 is 2.42 bits per heavy atom. The minimum atomic E-state index is 0.170. The summed E-state index contributed by atoms with van der Waals surface area (Å²) in [6, 6.07) is 6.38. The van der Waals surface area contributed by atoms with E-state index in [1.807, 2.05) is 6.07 Å². The maximum atomic E-state index is 6.50. The molecule has 1 aromatic carbocycles. The van der Waals surface area contributed by atoms with Gasteiger partial charge < -0.3 is 15.2 Å². The van der Waals surface area contributed by atoms with Gasteiger partial charge in [0.05, 0.1) is 0 Å². The summed E-state index contributed by atoms with van der Waals surface area (Å²) in [5.41, 5.74) is 7.71. The van der Waals surface area contributed by atoms with Crippen molar-refractivity contribution in [3.8, 4) is 11.5 Å². The fourth-order valence-electron chi connectivity index (χ4n) is 4.07. The third kappa shape index (κ3) is 1.91. The summed E-state index contributed by atoms with van der Waals surface area (Å²) in [7, 11) is 0. The van der Waals surface area contributed by atoms with Crippen LogP contribution in [-0.2, 0) is 0 Å². The molecule has 2 saturated carbocycles. The molecule has 0 radical (unpaired) electrons. The van der Waals surface area contributed by atoms with Crippen LogP contribution in [0.15, 0.2) is 18.2 Å². The van der Waals surface area contributed by atoms with E-state index in [2.05, 4.69) is 12.1 Å². The van der Waals surface area contributed by atoms with E-state index in [4.69, 9.17) is 15.2 Å². The molecule has 4 rings (SSSR count). The summed E-state index contributed by atoms with van der Waals surface area (Å²) in [6.07, 6.45) is 5.55. The zero-order valence-corrected chi connectivity index (χ0v) is 11.2. The highest BCUT2D eigenvalue weighted by Gasteiger charge is 2.53. The van der Waals surface area contributed by atoms with Gasteiger partial charge in [-0.25, -0.2) is 0 Å². The molecule has 3 atom stereocenters. The first kappa shape index (κ1) is 11.6. The number of rotatable bonds is 2. The molecule has 2 N–H and O–H groups in total. The molecule has 3 heteroatoms. The van der Waals surface area contributed by atoms with Crippen molar-refractivity contribution in [1.82, 2.24) is 0 Å². The molecule has 3 aliphatic rings. The molecule has 0 bridgehead atoms. The van der Waals surface area contributed by atoms with E-state index in [-0.39, 0.29) is 6.04 Å². The van der Waals surface area contributed by atoms with Crippen LogP contribution in [0.2, 0.25) is 0 Å². The SMILES string of the molecule is NC(c1ccc2c(c1)OCCO2)C1C2CCCCC21. The van der Waals surface area contributed by atoms with E-state index < -0.39 is 0 Å². The Hall–Kier alpha value is -1.22. The van der Waals surface area contributed by atoms with Crippen molar-refractivity contribution in [3.63, 3.8) is 0 Å². The predicted octanol–water partition coefficient (Wildman–Crippen LogP) is 2.89. The summed E-state index contributed by atoms with van der Waals surface area (Å²) in [6.45, 7) is 1.28. The number of nitrogens with two attached hydrogens (primary N) is 1. The lowest BCUT2D eigenvalue weighted by atomic mass is 10.00. The Balaban J connectivity index is 1.55. The monoisotopic (exact) mass is 259 g/mol. The van der Waals surface area contributed by atoms with Crippen LogP contribution in [0, 0.1) is 17.8 Å². The summed E-state index contributed by atoms with van der Waals surface area (Å²) >= 11 is 0. The van der Waals surface area contributed by atoms with Gasteiger partial charge in [-0.3, -0.25) is 0 Å². The summed E-state index contributed by atoms with van der Waals surface area (Å²) in [5, 5.41) is 0. The van der Waals surface area contributed by atoms with E-state index in [9.17, 15) is 0 Å². The largest absolute Gasteiger partial charge is 0.486 e. The van der Waals surface area contributed by atoms with Crippen LogP contribution in [0.1, 0.15) is 37.3 Å². The first-order valence-corrected chi connectivity index (χ1v) is 7.50. The number of hydrogen-bond donors (Lipinski definition) is 1. The molecule has 2 aliphatic carbocycles. The minimum absolute atomic E-state index is 0.170. The van der Waals surface area contributed by atoms with Gasteiger partial charge in [-0.2, -0.15) is 0 Å². The summed E-state index contributed by atoms with van der Waals surface area (Å²) in [4.78, 5) is 0. The molecular formula is C16H21NO2. The number of benzene rings is 1. The lowest BCUT2D eigenvalue weighted by molar-refractivity contribution is 0.171. The van der Waals surface area contributed by atoms with E-state index in [1.54, 1.807) is 0 Å². The average Bonchev–Trinajstić information content (AvgIpc) is 3.20. The quantitative estimate of drug-likeness (QED) is 0.888. The fraction of sp³-hybridized carbons (Fsp3) is 0.625. The average molecular weight is 259 g/mol. The number of ether oxygens (including phenoxy) is 2. The Morgan fingerprint density at radius 2 is 1.68 bits per heavy atom. The third-order valence-corrected chi connectivity index (χ3v) is 5.09. The van der Waals surface area contributed by atoms with Crippen LogP contribution < -0.4 is 15.2 Å². The van der Waals surface area contributed by atoms with Gasteiger partial charge in [0.1, 0.15) is 13.2 Å². The van der Waals surface area contributed by atoms with Gasteiger partial charge in [-0.15, -0.1) is 0 Å². The lowest BCUT2D eigenvalue weighted by Crippen LogP contribution is -2.18. The highest BCUT2D eigenvalue weighted by molar-refractivity contribution is 5.45. The molecule has 19 heavy (non-hydrogen) atoms. The van der Waals surface area contributed by atoms with Crippen molar-refractivity contribution in [1.29, 1.82) is 0 Å². The molecule has 1 heterocycles. The maximum Gasteiger partial charge on any atom is 0.161 e. The van der Waals surface area contributed by atoms with Gasteiger partial charge >= 0.3 is 0 Å². The van der Waals surface area contributed by atoms with E-state index in [1.165, 1.54) is 31.2 Å². The smallest absolute Gasteiger partial charge is 0.161 e. The van der Waals surface area contributed by atoms with E-state index >= 15 is 0 Å². The van der Waals surface area contributed by atoms with E-state index in [0.29, 0.717) is 19.1 Å². The third-order valence-electron chi connectivity index (χ3n) is 5.09. The Bertz CT molecular complexity index is 476. The van der Waals surface area contributed by atoms with Crippen molar-refractivity contribution in [3.05, 3.63) is 23.8 Å². The highest BCUT2D eigenvalue weighted by atomic mass is 16.6. The van der Waals surface area contributed by atoms with Gasteiger partial charge in [0.15, 0.2) is 11.5 Å². The van der Waals surface area contributed by atoms with Crippen molar-refractivity contribution in [2.24, 2.45) is 23.5 Å². The summed E-state index contributed by atoms with van der Waals surface area (Å²) < 4.78 is 11.2. The highest BCUT2D eigenvalue weighted by Crippen LogP contribution is 2.59. The first-order valence-electron chi connectivity index (χ1n) is 7.50. The van der Waals surface area contributed by atoms with Crippen LogP contribution in [0.25, 0.3) is 0 Å². The fourth-order valence-corrected chi connectivity index (χ4v) is 4.07. The summed E-state index contributed by atoms with van der Waals surface area (Å²) in [5.74, 6) is 4.19. The van der Waals surface area contributed by atoms with Gasteiger partial charge in [0.25, 0.3) is 0 Å². The molecule has 3 unspecified atom stereocenters. The van der Waals surface area contributed by atoms with Crippen molar-refractivity contribution in [2.75, 3.05) is 13.2 Å². The number of fused-ring (bicyclic) bond motifs is 2. The lowest BCUT2D eigenvalue weighted by Gasteiger charge is -2.20. The molecule has 0 saturated heterocycles. The van der Waals surface area contributed by atoms with Crippen LogP contribution in [0.4, 0.5) is 0 Å². The zero-order valence-electron chi connectivity index (χ0n) is 11.2. The van der Waals surface area contributed by atoms with E-state index in [0.717, 1.165) is 23.3 Å². The molecule has 0 spiro atoms. The number of hydrogen-bond acceptors (Lipinski definition) is 3. The Labute approximate surface area is 114 Å². The Morgan fingerprint density at radius 1 is 1.00 bits per heavy atom. The van der Waals surface area contributed by atoms with Crippen LogP contribution in [0.3, 0.4) is 0 Å². The van der Waals surface area contributed by atoms with Gasteiger partial charge in [0, 0.05) is 6.04 Å². The molecule has 0 aromatic heterocycles. The normalized spacial score (nSPS) is 33.4. The second-order valence-electron chi connectivity index (χ2n) is 6.12. The van der Waals surface area contributed by atoms with Gasteiger partial charge in [0.2, 0.25) is 0 Å². The van der Waals surface area contributed by atoms with Crippen molar-refractivity contribution < 1.29 is 9.47 Å². The zero-order chi connectivity index (χ0) is 12.8. The van der Waals surface area contributed by atoms with Gasteiger partial charge in [-0.05, 0) is 48.3 Å². The molecule has 1 aromatic rings. The molecule has 3 nitrogen and oxygen atoms in total. The molecular weight excluding hydrogens is 238 g/mol. The maximum absolute atomic E-state index is 6.50. The predicted molar refractivity (Wildman–Crippen MR) is 73.3 cm³/mol. The molecule has 2 fully saturated rings. The van der Waals surface area contributed by atoms with Crippen molar-refractivity contribution in [2.45, 2.75) is 31.7 Å².